The molecule has 1 amide bonds. The van der Waals surface area contributed by atoms with Crippen molar-refractivity contribution >= 4 is 22.4 Å². The number of carbonyl (C=O) groups excluding carboxylic acids is 1. The van der Waals surface area contributed by atoms with Gasteiger partial charge in [-0.25, -0.2) is 5.43 Å². The third-order valence-electron chi connectivity index (χ3n) is 3.88. The zero-order valence-corrected chi connectivity index (χ0v) is 14.3. The van der Waals surface area contributed by atoms with Gasteiger partial charge < -0.3 is 4.74 Å². The van der Waals surface area contributed by atoms with E-state index in [4.69, 9.17) is 4.74 Å². The maximum atomic E-state index is 11.9. The van der Waals surface area contributed by atoms with Gasteiger partial charge in [-0.1, -0.05) is 60.2 Å². The number of benzene rings is 3. The molecule has 4 nitrogen and oxygen atoms in total. The van der Waals surface area contributed by atoms with Crippen LogP contribution in [0, 0.1) is 6.92 Å². The van der Waals surface area contributed by atoms with E-state index in [1.165, 1.54) is 0 Å². The molecule has 0 heterocycles. The highest BCUT2D eigenvalue weighted by molar-refractivity contribution is 5.99. The lowest BCUT2D eigenvalue weighted by molar-refractivity contribution is -0.123. The number of nitrogens with one attached hydrogen (secondary N) is 1. The number of rotatable bonds is 5. The standard InChI is InChI=1S/C21H20N2O2/c1-15-6-5-9-18(12-15)16(2)22-23-21(24)14-25-20-11-10-17-7-3-4-8-19(17)13-20/h3-13H,14H2,1-2H3,(H,23,24). The van der Waals surface area contributed by atoms with Gasteiger partial charge in [0.1, 0.15) is 5.75 Å². The van der Waals surface area contributed by atoms with Crippen LogP contribution < -0.4 is 10.2 Å². The zero-order valence-electron chi connectivity index (χ0n) is 14.3. The summed E-state index contributed by atoms with van der Waals surface area (Å²) in [6.07, 6.45) is 0. The van der Waals surface area contributed by atoms with Gasteiger partial charge in [0.05, 0.1) is 5.71 Å². The molecule has 0 atom stereocenters. The Bertz CT molecular complexity index is 932. The van der Waals surface area contributed by atoms with E-state index in [9.17, 15) is 4.79 Å². The molecule has 126 valence electrons. The Morgan fingerprint density at radius 2 is 1.80 bits per heavy atom. The van der Waals surface area contributed by atoms with Crippen molar-refractivity contribution in [1.82, 2.24) is 5.43 Å². The molecule has 25 heavy (non-hydrogen) atoms. The average molecular weight is 332 g/mol. The number of amides is 1. The van der Waals surface area contributed by atoms with Gasteiger partial charge in [0, 0.05) is 0 Å². The Morgan fingerprint density at radius 1 is 1.00 bits per heavy atom. The largest absolute Gasteiger partial charge is 0.484 e. The normalized spacial score (nSPS) is 11.4. The Labute approximate surface area is 147 Å². The van der Waals surface area contributed by atoms with E-state index >= 15 is 0 Å². The molecule has 0 unspecified atom stereocenters. The minimum Gasteiger partial charge on any atom is -0.484 e. The summed E-state index contributed by atoms with van der Waals surface area (Å²) in [7, 11) is 0. The molecule has 0 spiro atoms. The van der Waals surface area contributed by atoms with Crippen LogP contribution in [0.1, 0.15) is 18.1 Å². The molecule has 0 fully saturated rings. The van der Waals surface area contributed by atoms with Gasteiger partial charge in [0.2, 0.25) is 0 Å². The van der Waals surface area contributed by atoms with Crippen molar-refractivity contribution < 1.29 is 9.53 Å². The minimum absolute atomic E-state index is 0.0804. The van der Waals surface area contributed by atoms with Crippen LogP contribution in [-0.2, 0) is 4.79 Å². The predicted molar refractivity (Wildman–Crippen MR) is 101 cm³/mol. The number of aryl methyl sites for hydroxylation is 1. The van der Waals surface area contributed by atoms with Crippen LogP contribution in [0.5, 0.6) is 5.75 Å². The molecule has 1 N–H and O–H groups in total. The molecule has 0 aliphatic rings. The fraction of sp³-hybridized carbons (Fsp3) is 0.143. The Morgan fingerprint density at radius 3 is 2.60 bits per heavy atom. The third kappa shape index (κ3) is 4.44. The van der Waals surface area contributed by atoms with Gasteiger partial charge in [0.25, 0.3) is 5.91 Å². The van der Waals surface area contributed by atoms with Gasteiger partial charge in [-0.3, -0.25) is 4.79 Å². The van der Waals surface area contributed by atoms with Gasteiger partial charge in [-0.15, -0.1) is 0 Å². The summed E-state index contributed by atoms with van der Waals surface area (Å²) >= 11 is 0. The molecule has 3 aromatic carbocycles. The monoisotopic (exact) mass is 332 g/mol. The van der Waals surface area contributed by atoms with E-state index < -0.39 is 0 Å². The highest BCUT2D eigenvalue weighted by Gasteiger charge is 2.04. The number of hydrogen-bond acceptors (Lipinski definition) is 3. The smallest absolute Gasteiger partial charge is 0.277 e. The fourth-order valence-electron chi connectivity index (χ4n) is 2.52. The lowest BCUT2D eigenvalue weighted by Crippen LogP contribution is -2.25. The maximum absolute atomic E-state index is 11.9. The van der Waals surface area contributed by atoms with Crippen LogP contribution in [-0.4, -0.2) is 18.2 Å². The molecular formula is C21H20N2O2. The number of hydrogen-bond donors (Lipinski definition) is 1. The number of carbonyl (C=O) groups is 1. The van der Waals surface area contributed by atoms with E-state index in [0.717, 1.165) is 27.6 Å². The SMILES string of the molecule is CC(=NNC(=O)COc1ccc2ccccc2c1)c1cccc(C)c1. The summed E-state index contributed by atoms with van der Waals surface area (Å²) in [6.45, 7) is 3.80. The van der Waals surface area contributed by atoms with Crippen molar-refractivity contribution in [2.75, 3.05) is 6.61 Å². The molecule has 0 aliphatic heterocycles. The summed E-state index contributed by atoms with van der Waals surface area (Å²) in [5, 5.41) is 6.35. The number of fused-ring (bicyclic) bond motifs is 1. The van der Waals surface area contributed by atoms with Gasteiger partial charge in [-0.05, 0) is 42.3 Å². The van der Waals surface area contributed by atoms with Gasteiger partial charge in [0.15, 0.2) is 6.61 Å². The maximum Gasteiger partial charge on any atom is 0.277 e. The second-order valence-corrected chi connectivity index (χ2v) is 5.90. The Hall–Kier alpha value is -3.14. The molecule has 3 aromatic rings. The third-order valence-corrected chi connectivity index (χ3v) is 3.88. The summed E-state index contributed by atoms with van der Waals surface area (Å²) in [4.78, 5) is 11.9. The summed E-state index contributed by atoms with van der Waals surface area (Å²) < 4.78 is 5.55. The first-order chi connectivity index (χ1) is 12.1. The van der Waals surface area contributed by atoms with Crippen LogP contribution in [0.25, 0.3) is 10.8 Å². The molecular weight excluding hydrogens is 312 g/mol. The molecule has 0 saturated carbocycles. The van der Waals surface area contributed by atoms with Crippen LogP contribution in [0.3, 0.4) is 0 Å². The molecule has 0 bridgehead atoms. The number of ether oxygens (including phenoxy) is 1. The summed E-state index contributed by atoms with van der Waals surface area (Å²) in [6, 6.07) is 21.7. The van der Waals surface area contributed by atoms with E-state index in [2.05, 4.69) is 10.5 Å². The predicted octanol–water partition coefficient (Wildman–Crippen LogP) is 4.07. The van der Waals surface area contributed by atoms with Crippen molar-refractivity contribution in [3.63, 3.8) is 0 Å². The zero-order chi connectivity index (χ0) is 17.6. The summed E-state index contributed by atoms with van der Waals surface area (Å²) in [5.74, 6) is 0.369. The van der Waals surface area contributed by atoms with E-state index in [0.29, 0.717) is 5.75 Å². The molecule has 0 aliphatic carbocycles. The van der Waals surface area contributed by atoms with E-state index in [1.807, 2.05) is 80.6 Å². The first kappa shape index (κ1) is 16.7. The average Bonchev–Trinajstić information content (AvgIpc) is 2.64. The van der Waals surface area contributed by atoms with Crippen LogP contribution in [0.4, 0.5) is 0 Å². The molecule has 0 saturated heterocycles. The van der Waals surface area contributed by atoms with Gasteiger partial charge >= 0.3 is 0 Å². The van der Waals surface area contributed by atoms with Crippen molar-refractivity contribution in [2.45, 2.75) is 13.8 Å². The van der Waals surface area contributed by atoms with Crippen molar-refractivity contribution in [1.29, 1.82) is 0 Å². The fourth-order valence-corrected chi connectivity index (χ4v) is 2.52. The Kier molecular flexibility index (Phi) is 5.09. The summed E-state index contributed by atoms with van der Waals surface area (Å²) in [5.41, 5.74) is 5.42. The van der Waals surface area contributed by atoms with Gasteiger partial charge in [-0.2, -0.15) is 5.10 Å². The van der Waals surface area contributed by atoms with Crippen LogP contribution >= 0.6 is 0 Å². The molecule has 4 heteroatoms. The van der Waals surface area contributed by atoms with Crippen LogP contribution in [0.2, 0.25) is 0 Å². The highest BCUT2D eigenvalue weighted by atomic mass is 16.5. The van der Waals surface area contributed by atoms with E-state index in [-0.39, 0.29) is 12.5 Å². The van der Waals surface area contributed by atoms with E-state index in [1.54, 1.807) is 0 Å². The lowest BCUT2D eigenvalue weighted by atomic mass is 10.1. The second-order valence-electron chi connectivity index (χ2n) is 5.90. The number of hydrazone groups is 1. The molecule has 3 rings (SSSR count). The van der Waals surface area contributed by atoms with Crippen LogP contribution in [0.15, 0.2) is 71.8 Å². The topological polar surface area (TPSA) is 50.7 Å². The highest BCUT2D eigenvalue weighted by Crippen LogP contribution is 2.20. The second kappa shape index (κ2) is 7.62. The first-order valence-electron chi connectivity index (χ1n) is 8.13. The van der Waals surface area contributed by atoms with Crippen molar-refractivity contribution in [3.05, 3.63) is 77.9 Å². The minimum atomic E-state index is -0.292. The molecule has 0 aromatic heterocycles. The number of nitrogens with zero attached hydrogens (tertiary/aromatic N) is 1. The lowest BCUT2D eigenvalue weighted by Gasteiger charge is -2.07. The Balaban J connectivity index is 1.57. The van der Waals surface area contributed by atoms with Crippen molar-refractivity contribution in [3.8, 4) is 5.75 Å². The quantitative estimate of drug-likeness (QED) is 0.566. The van der Waals surface area contributed by atoms with Crippen molar-refractivity contribution in [2.24, 2.45) is 5.10 Å². The first-order valence-corrected chi connectivity index (χ1v) is 8.13. The molecule has 0 radical (unpaired) electrons.